The predicted octanol–water partition coefficient (Wildman–Crippen LogP) is 2.73. The molecule has 8 nitrogen and oxygen atoms in total. The van der Waals surface area contributed by atoms with Crippen molar-refractivity contribution in [2.24, 2.45) is 5.92 Å². The molecule has 0 radical (unpaired) electrons. The second-order valence-corrected chi connectivity index (χ2v) is 7.95. The van der Waals surface area contributed by atoms with Crippen molar-refractivity contribution in [1.29, 1.82) is 0 Å². The van der Waals surface area contributed by atoms with E-state index < -0.39 is 0 Å². The summed E-state index contributed by atoms with van der Waals surface area (Å²) in [6, 6.07) is 5.29. The Morgan fingerprint density at radius 1 is 1.38 bits per heavy atom. The topological polar surface area (TPSA) is 84.5 Å². The SMILES string of the molecule is Cc1c(Cl)cccc1NC(=O)Cn1nc2c(N3CCCC(C)C3)nccn2c1=O. The summed E-state index contributed by atoms with van der Waals surface area (Å²) in [6.45, 7) is 5.60. The normalized spacial score (nSPS) is 16.9. The molecule has 1 amide bonds. The molecule has 1 atom stereocenters. The summed E-state index contributed by atoms with van der Waals surface area (Å²) >= 11 is 6.10. The third kappa shape index (κ3) is 3.85. The Labute approximate surface area is 173 Å². The molecule has 0 bridgehead atoms. The van der Waals surface area contributed by atoms with Crippen molar-refractivity contribution in [3.8, 4) is 0 Å². The highest BCUT2D eigenvalue weighted by Gasteiger charge is 2.22. The molecule has 9 heteroatoms. The summed E-state index contributed by atoms with van der Waals surface area (Å²) in [5.74, 6) is 0.897. The minimum absolute atomic E-state index is 0.192. The maximum atomic E-state index is 12.8. The van der Waals surface area contributed by atoms with E-state index in [4.69, 9.17) is 11.6 Å². The van der Waals surface area contributed by atoms with Gasteiger partial charge in [0, 0.05) is 36.2 Å². The first kappa shape index (κ1) is 19.4. The van der Waals surface area contributed by atoms with Gasteiger partial charge in [-0.2, -0.15) is 0 Å². The van der Waals surface area contributed by atoms with Crippen molar-refractivity contribution in [2.75, 3.05) is 23.3 Å². The van der Waals surface area contributed by atoms with Gasteiger partial charge in [0.2, 0.25) is 11.6 Å². The van der Waals surface area contributed by atoms with E-state index in [1.165, 1.54) is 15.5 Å². The first-order chi connectivity index (χ1) is 13.9. The van der Waals surface area contributed by atoms with Crippen molar-refractivity contribution >= 4 is 34.7 Å². The fourth-order valence-electron chi connectivity index (χ4n) is 3.71. The molecule has 1 aliphatic rings. The van der Waals surface area contributed by atoms with Crippen molar-refractivity contribution in [3.63, 3.8) is 0 Å². The smallest absolute Gasteiger partial charge is 0.350 e. The molecule has 1 saturated heterocycles. The summed E-state index contributed by atoms with van der Waals surface area (Å²) < 4.78 is 2.61. The van der Waals surface area contributed by atoms with Crippen LogP contribution in [0.25, 0.3) is 5.65 Å². The molecule has 152 valence electrons. The largest absolute Gasteiger partial charge is 0.353 e. The molecular formula is C20H23ClN6O2. The molecule has 1 fully saturated rings. The molecule has 3 aromatic rings. The quantitative estimate of drug-likeness (QED) is 0.709. The third-order valence-electron chi connectivity index (χ3n) is 5.27. The van der Waals surface area contributed by atoms with E-state index >= 15 is 0 Å². The molecule has 2 aromatic heterocycles. The lowest BCUT2D eigenvalue weighted by Crippen LogP contribution is -2.35. The zero-order chi connectivity index (χ0) is 20.5. The Bertz CT molecular complexity index is 1120. The number of carbonyl (C=O) groups excluding carboxylic acids is 1. The number of hydrogen-bond donors (Lipinski definition) is 1. The molecule has 1 aliphatic heterocycles. The van der Waals surface area contributed by atoms with E-state index in [2.05, 4.69) is 27.2 Å². The predicted molar refractivity (Wildman–Crippen MR) is 113 cm³/mol. The van der Waals surface area contributed by atoms with Crippen molar-refractivity contribution in [3.05, 3.63) is 51.7 Å². The molecule has 4 rings (SSSR count). The van der Waals surface area contributed by atoms with Gasteiger partial charge in [0.05, 0.1) is 0 Å². The number of nitrogens with zero attached hydrogens (tertiary/aromatic N) is 5. The number of rotatable bonds is 4. The molecule has 0 aliphatic carbocycles. The van der Waals surface area contributed by atoms with E-state index in [-0.39, 0.29) is 18.1 Å². The standard InChI is InChI=1S/C20H23ClN6O2/c1-13-5-4-9-25(11-13)18-19-24-27(20(29)26(19)10-8-22-18)12-17(28)23-16-7-3-6-15(21)14(16)2/h3,6-8,10,13H,4-5,9,11-12H2,1-2H3,(H,23,28). The Kier molecular flexibility index (Phi) is 5.27. The number of aromatic nitrogens is 4. The number of halogens is 1. The maximum absolute atomic E-state index is 12.8. The van der Waals surface area contributed by atoms with E-state index in [1.54, 1.807) is 30.6 Å². The van der Waals surface area contributed by atoms with Crippen LogP contribution in [0.15, 0.2) is 35.4 Å². The first-order valence-corrected chi connectivity index (χ1v) is 10.1. The molecule has 0 spiro atoms. The van der Waals surface area contributed by atoms with Gasteiger partial charge in [-0.15, -0.1) is 5.10 Å². The number of fused-ring (bicyclic) bond motifs is 1. The van der Waals surface area contributed by atoms with Gasteiger partial charge in [-0.05, 0) is 43.4 Å². The van der Waals surface area contributed by atoms with Crippen LogP contribution in [-0.4, -0.2) is 38.2 Å². The van der Waals surface area contributed by atoms with Gasteiger partial charge in [0.1, 0.15) is 6.54 Å². The van der Waals surface area contributed by atoms with Crippen LogP contribution in [0.4, 0.5) is 11.5 Å². The van der Waals surface area contributed by atoms with Crippen LogP contribution < -0.4 is 15.9 Å². The maximum Gasteiger partial charge on any atom is 0.350 e. The minimum Gasteiger partial charge on any atom is -0.353 e. The fourth-order valence-corrected chi connectivity index (χ4v) is 3.89. The van der Waals surface area contributed by atoms with Gasteiger partial charge in [0.15, 0.2) is 5.82 Å². The highest BCUT2D eigenvalue weighted by atomic mass is 35.5. The summed E-state index contributed by atoms with van der Waals surface area (Å²) in [6.07, 6.45) is 5.45. The van der Waals surface area contributed by atoms with Crippen LogP contribution in [0.2, 0.25) is 5.02 Å². The Balaban J connectivity index is 1.60. The number of piperidine rings is 1. The van der Waals surface area contributed by atoms with Crippen LogP contribution in [0.5, 0.6) is 0 Å². The Morgan fingerprint density at radius 2 is 2.21 bits per heavy atom. The highest BCUT2D eigenvalue weighted by Crippen LogP contribution is 2.24. The van der Waals surface area contributed by atoms with Crippen LogP contribution >= 0.6 is 11.6 Å². The Hall–Kier alpha value is -2.87. The molecule has 3 heterocycles. The number of hydrogen-bond acceptors (Lipinski definition) is 5. The van der Waals surface area contributed by atoms with Crippen LogP contribution in [0.1, 0.15) is 25.3 Å². The fraction of sp³-hybridized carbons (Fsp3) is 0.400. The number of amides is 1. The van der Waals surface area contributed by atoms with Gasteiger partial charge < -0.3 is 10.2 Å². The van der Waals surface area contributed by atoms with Gasteiger partial charge in [-0.1, -0.05) is 24.6 Å². The molecule has 1 unspecified atom stereocenters. The lowest BCUT2D eigenvalue weighted by Gasteiger charge is -2.31. The van der Waals surface area contributed by atoms with Gasteiger partial charge in [0.25, 0.3) is 0 Å². The summed E-state index contributed by atoms with van der Waals surface area (Å²) in [5.41, 5.74) is 1.49. The summed E-state index contributed by atoms with van der Waals surface area (Å²) in [5, 5.41) is 7.78. The second kappa shape index (κ2) is 7.87. The minimum atomic E-state index is -0.369. The van der Waals surface area contributed by atoms with Crippen molar-refractivity contribution < 1.29 is 4.79 Å². The van der Waals surface area contributed by atoms with Gasteiger partial charge in [-0.25, -0.2) is 18.9 Å². The monoisotopic (exact) mass is 414 g/mol. The average Bonchev–Trinajstić information content (AvgIpc) is 3.01. The Morgan fingerprint density at radius 3 is 3.00 bits per heavy atom. The molecule has 1 N–H and O–H groups in total. The second-order valence-electron chi connectivity index (χ2n) is 7.54. The lowest BCUT2D eigenvalue weighted by atomic mass is 10.0. The van der Waals surface area contributed by atoms with Crippen LogP contribution in [-0.2, 0) is 11.3 Å². The number of nitrogens with one attached hydrogen (secondary N) is 1. The molecule has 0 saturated carbocycles. The lowest BCUT2D eigenvalue weighted by molar-refractivity contribution is -0.117. The molecule has 1 aromatic carbocycles. The van der Waals surface area contributed by atoms with E-state index in [0.29, 0.717) is 28.1 Å². The van der Waals surface area contributed by atoms with Crippen LogP contribution in [0.3, 0.4) is 0 Å². The number of benzene rings is 1. The summed E-state index contributed by atoms with van der Waals surface area (Å²) in [4.78, 5) is 31.9. The van der Waals surface area contributed by atoms with Crippen LogP contribution in [0, 0.1) is 12.8 Å². The van der Waals surface area contributed by atoms with Gasteiger partial charge >= 0.3 is 5.69 Å². The van der Waals surface area contributed by atoms with E-state index in [0.717, 1.165) is 25.1 Å². The van der Waals surface area contributed by atoms with E-state index in [1.807, 2.05) is 6.92 Å². The average molecular weight is 415 g/mol. The summed E-state index contributed by atoms with van der Waals surface area (Å²) in [7, 11) is 0. The number of anilines is 2. The van der Waals surface area contributed by atoms with Crippen molar-refractivity contribution in [2.45, 2.75) is 33.2 Å². The van der Waals surface area contributed by atoms with E-state index in [9.17, 15) is 9.59 Å². The third-order valence-corrected chi connectivity index (χ3v) is 5.68. The zero-order valence-corrected chi connectivity index (χ0v) is 17.2. The highest BCUT2D eigenvalue weighted by molar-refractivity contribution is 6.31. The van der Waals surface area contributed by atoms with Gasteiger partial charge in [-0.3, -0.25) is 4.79 Å². The number of carbonyl (C=O) groups is 1. The first-order valence-electron chi connectivity index (χ1n) is 9.68. The zero-order valence-electron chi connectivity index (χ0n) is 16.4. The molecule has 29 heavy (non-hydrogen) atoms. The molecular weight excluding hydrogens is 392 g/mol. The van der Waals surface area contributed by atoms with Crippen molar-refractivity contribution in [1.82, 2.24) is 19.2 Å².